The predicted molar refractivity (Wildman–Crippen MR) is 102 cm³/mol. The Kier molecular flexibility index (Phi) is 4.82. The summed E-state index contributed by atoms with van der Waals surface area (Å²) in [6.45, 7) is 2.42. The summed E-state index contributed by atoms with van der Waals surface area (Å²) >= 11 is 0. The molecule has 0 spiro atoms. The Morgan fingerprint density at radius 3 is 2.62 bits per heavy atom. The summed E-state index contributed by atoms with van der Waals surface area (Å²) < 4.78 is 0. The third kappa shape index (κ3) is 3.68. The van der Waals surface area contributed by atoms with E-state index in [1.54, 1.807) is 12.4 Å². The second-order valence-electron chi connectivity index (χ2n) is 7.99. The molecule has 0 radical (unpaired) electrons. The smallest absolute Gasteiger partial charge is 0.112 e. The molecule has 140 valence electrons. The number of nitrogens with one attached hydrogen (secondary N) is 1. The van der Waals surface area contributed by atoms with Crippen LogP contribution < -0.4 is 10.2 Å². The molecule has 1 atom stereocenters. The van der Waals surface area contributed by atoms with Crippen LogP contribution in [-0.2, 0) is 0 Å². The highest BCUT2D eigenvalue weighted by Crippen LogP contribution is 2.31. The van der Waals surface area contributed by atoms with E-state index in [4.69, 9.17) is 0 Å². The lowest BCUT2D eigenvalue weighted by Crippen LogP contribution is -2.49. The molecule has 3 heterocycles. The molecular formula is C20H28N4O2. The fraction of sp³-hybridized carbons (Fsp3) is 0.600. The molecule has 1 saturated heterocycles. The van der Waals surface area contributed by atoms with Gasteiger partial charge in [-0.25, -0.2) is 0 Å². The van der Waals surface area contributed by atoms with E-state index in [1.807, 2.05) is 18.2 Å². The minimum atomic E-state index is -0.782. The molecule has 4 rings (SSSR count). The molecule has 26 heavy (non-hydrogen) atoms. The van der Waals surface area contributed by atoms with Gasteiger partial charge in [-0.1, -0.05) is 19.3 Å². The van der Waals surface area contributed by atoms with Gasteiger partial charge < -0.3 is 20.4 Å². The lowest BCUT2D eigenvalue weighted by molar-refractivity contribution is -0.00337. The van der Waals surface area contributed by atoms with Crippen LogP contribution >= 0.6 is 0 Å². The number of hydrogen-bond donors (Lipinski definition) is 3. The van der Waals surface area contributed by atoms with Crippen LogP contribution in [0, 0.1) is 0 Å². The summed E-state index contributed by atoms with van der Waals surface area (Å²) in [6, 6.07) is 5.82. The van der Waals surface area contributed by atoms with Crippen LogP contribution in [-0.4, -0.2) is 57.6 Å². The minimum absolute atomic E-state index is 0.502. The van der Waals surface area contributed by atoms with Gasteiger partial charge in [0.05, 0.1) is 22.4 Å². The maximum atomic E-state index is 11.0. The van der Waals surface area contributed by atoms with Crippen LogP contribution in [0.5, 0.6) is 0 Å². The van der Waals surface area contributed by atoms with E-state index < -0.39 is 11.2 Å². The molecule has 0 aromatic carbocycles. The summed E-state index contributed by atoms with van der Waals surface area (Å²) in [4.78, 5) is 11.0. The van der Waals surface area contributed by atoms with E-state index in [2.05, 4.69) is 20.2 Å². The van der Waals surface area contributed by atoms with Crippen molar-refractivity contribution in [3.63, 3.8) is 0 Å². The van der Waals surface area contributed by atoms with Crippen molar-refractivity contribution in [2.24, 2.45) is 0 Å². The van der Waals surface area contributed by atoms with Crippen molar-refractivity contribution >= 4 is 16.7 Å². The van der Waals surface area contributed by atoms with Crippen LogP contribution in [0.2, 0.25) is 0 Å². The molecule has 6 nitrogen and oxygen atoms in total. The highest BCUT2D eigenvalue weighted by Gasteiger charge is 2.37. The average Bonchev–Trinajstić information content (AvgIpc) is 3.04. The van der Waals surface area contributed by atoms with Crippen LogP contribution in [0.4, 0.5) is 5.69 Å². The first-order chi connectivity index (χ1) is 12.6. The zero-order valence-corrected chi connectivity index (χ0v) is 15.2. The zero-order valence-electron chi connectivity index (χ0n) is 15.2. The van der Waals surface area contributed by atoms with E-state index in [-0.39, 0.29) is 0 Å². The molecule has 2 aromatic rings. The van der Waals surface area contributed by atoms with Gasteiger partial charge >= 0.3 is 0 Å². The van der Waals surface area contributed by atoms with Gasteiger partial charge in [0.15, 0.2) is 0 Å². The summed E-state index contributed by atoms with van der Waals surface area (Å²) in [6.07, 6.45) is 9.41. The Bertz CT molecular complexity index is 757. The topological polar surface area (TPSA) is 81.5 Å². The van der Waals surface area contributed by atoms with E-state index in [9.17, 15) is 10.2 Å². The van der Waals surface area contributed by atoms with E-state index in [1.165, 1.54) is 6.42 Å². The highest BCUT2D eigenvalue weighted by atomic mass is 16.3. The van der Waals surface area contributed by atoms with Gasteiger partial charge in [-0.2, -0.15) is 0 Å². The fourth-order valence-corrected chi connectivity index (χ4v) is 4.34. The second kappa shape index (κ2) is 7.10. The quantitative estimate of drug-likeness (QED) is 0.759. The van der Waals surface area contributed by atoms with Gasteiger partial charge in [0.2, 0.25) is 0 Å². The van der Waals surface area contributed by atoms with Gasteiger partial charge in [-0.3, -0.25) is 9.97 Å². The maximum Gasteiger partial charge on any atom is 0.112 e. The van der Waals surface area contributed by atoms with Crippen molar-refractivity contribution in [2.45, 2.75) is 49.7 Å². The summed E-state index contributed by atoms with van der Waals surface area (Å²) in [5.41, 5.74) is 1.40. The van der Waals surface area contributed by atoms with Crippen molar-refractivity contribution in [1.82, 2.24) is 15.3 Å². The fourth-order valence-electron chi connectivity index (χ4n) is 4.34. The number of aliphatic hydroxyl groups is 2. The van der Waals surface area contributed by atoms with E-state index in [0.717, 1.165) is 48.9 Å². The Hall–Kier alpha value is -1.76. The Morgan fingerprint density at radius 1 is 0.962 bits per heavy atom. The molecule has 6 heteroatoms. The van der Waals surface area contributed by atoms with E-state index >= 15 is 0 Å². The summed E-state index contributed by atoms with van der Waals surface area (Å²) in [5, 5.41) is 24.9. The van der Waals surface area contributed by atoms with Crippen molar-refractivity contribution in [2.75, 3.05) is 31.1 Å². The number of anilines is 1. The van der Waals surface area contributed by atoms with Gasteiger partial charge in [-0.05, 0) is 37.5 Å². The first-order valence-electron chi connectivity index (χ1n) is 9.67. The summed E-state index contributed by atoms with van der Waals surface area (Å²) in [5.74, 6) is 0. The lowest BCUT2D eigenvalue weighted by atomic mass is 9.85. The number of nitrogens with zero attached hydrogens (tertiary/aromatic N) is 3. The average molecular weight is 356 g/mol. The van der Waals surface area contributed by atoms with Crippen LogP contribution in [0.3, 0.4) is 0 Å². The molecule has 2 fully saturated rings. The number of fused-ring (bicyclic) bond motifs is 1. The molecule has 2 aromatic heterocycles. The normalized spacial score (nSPS) is 25.7. The molecule has 1 aliphatic carbocycles. The SMILES string of the molecule is OC1(CNCC2(O)CCN(c3ccnc4cccnc34)C2)CCCCC1. The molecule has 0 bridgehead atoms. The maximum absolute atomic E-state index is 11.0. The largest absolute Gasteiger partial charge is 0.389 e. The molecule has 0 amide bonds. The van der Waals surface area contributed by atoms with Crippen molar-refractivity contribution < 1.29 is 10.2 Å². The molecule has 3 N–H and O–H groups in total. The third-order valence-corrected chi connectivity index (χ3v) is 5.84. The van der Waals surface area contributed by atoms with Gasteiger partial charge in [0, 0.05) is 38.6 Å². The van der Waals surface area contributed by atoms with Crippen molar-refractivity contribution in [1.29, 1.82) is 0 Å². The van der Waals surface area contributed by atoms with Crippen LogP contribution in [0.1, 0.15) is 38.5 Å². The lowest BCUT2D eigenvalue weighted by Gasteiger charge is -2.33. The summed E-state index contributed by atoms with van der Waals surface area (Å²) in [7, 11) is 0. The Balaban J connectivity index is 1.39. The van der Waals surface area contributed by atoms with Crippen LogP contribution in [0.25, 0.3) is 11.0 Å². The highest BCUT2D eigenvalue weighted by molar-refractivity contribution is 5.87. The second-order valence-corrected chi connectivity index (χ2v) is 7.99. The Morgan fingerprint density at radius 2 is 1.77 bits per heavy atom. The Labute approximate surface area is 154 Å². The minimum Gasteiger partial charge on any atom is -0.389 e. The number of β-amino-alcohol motifs (C(OH)–C–C–N with tert-alkyl or cyclic N) is 1. The van der Waals surface area contributed by atoms with Gasteiger partial charge in [-0.15, -0.1) is 0 Å². The molecular weight excluding hydrogens is 328 g/mol. The zero-order chi connectivity index (χ0) is 18.0. The molecule has 1 saturated carbocycles. The number of pyridine rings is 2. The standard InChI is InChI=1S/C20H28N4O2/c25-19(7-2-1-3-8-19)13-21-14-20(26)9-12-24(15-20)17-6-11-22-16-5-4-10-23-18(16)17/h4-6,10-11,21,25-26H,1-3,7-9,12-15H2. The number of hydrogen-bond acceptors (Lipinski definition) is 6. The van der Waals surface area contributed by atoms with E-state index in [0.29, 0.717) is 26.1 Å². The monoisotopic (exact) mass is 356 g/mol. The van der Waals surface area contributed by atoms with Crippen molar-refractivity contribution in [3.8, 4) is 0 Å². The molecule has 1 aliphatic heterocycles. The molecule has 2 aliphatic rings. The van der Waals surface area contributed by atoms with Gasteiger partial charge in [0.25, 0.3) is 0 Å². The number of aromatic nitrogens is 2. The van der Waals surface area contributed by atoms with Crippen molar-refractivity contribution in [3.05, 3.63) is 30.6 Å². The number of rotatable bonds is 5. The first kappa shape index (κ1) is 17.6. The third-order valence-electron chi connectivity index (χ3n) is 5.84. The predicted octanol–water partition coefficient (Wildman–Crippen LogP) is 1.86. The van der Waals surface area contributed by atoms with Gasteiger partial charge in [0.1, 0.15) is 5.52 Å². The first-order valence-corrected chi connectivity index (χ1v) is 9.67. The van der Waals surface area contributed by atoms with Crippen LogP contribution in [0.15, 0.2) is 30.6 Å². The molecule has 1 unspecified atom stereocenters.